The number of carboxylic acid groups (broad SMARTS) is 1. The number of carbonyl (C=O) groups is 1. The van der Waals surface area contributed by atoms with E-state index in [4.69, 9.17) is 10.2 Å². The van der Waals surface area contributed by atoms with Crippen LogP contribution in [0.3, 0.4) is 0 Å². The predicted molar refractivity (Wildman–Crippen MR) is 59.6 cm³/mol. The van der Waals surface area contributed by atoms with Gasteiger partial charge in [0.25, 0.3) is 0 Å². The molecular weight excluding hydrogens is 200 g/mol. The zero-order chi connectivity index (χ0) is 11.0. The lowest BCUT2D eigenvalue weighted by Crippen LogP contribution is -2.02. The number of aliphatic hydroxyl groups is 1. The fourth-order valence-corrected chi connectivity index (χ4v) is 1.86. The molecule has 0 aliphatic carbocycles. The second kappa shape index (κ2) is 7.88. The third-order valence-corrected chi connectivity index (χ3v) is 3.07. The van der Waals surface area contributed by atoms with Crippen molar-refractivity contribution in [1.29, 1.82) is 0 Å². The normalized spacial score (nSPS) is 14.1. The highest BCUT2D eigenvalue weighted by molar-refractivity contribution is 8.00. The second-order valence-electron chi connectivity index (χ2n) is 3.04. The van der Waals surface area contributed by atoms with Gasteiger partial charge in [0.05, 0.1) is 0 Å². The highest BCUT2D eigenvalue weighted by Crippen LogP contribution is 2.15. The molecule has 3 nitrogen and oxygen atoms in total. The summed E-state index contributed by atoms with van der Waals surface area (Å²) in [5.41, 5.74) is 0.466. The molecule has 0 aromatic carbocycles. The van der Waals surface area contributed by atoms with Crippen LogP contribution in [0, 0.1) is 0 Å². The highest BCUT2D eigenvalue weighted by Gasteiger charge is 2.04. The van der Waals surface area contributed by atoms with Crippen LogP contribution in [0.25, 0.3) is 0 Å². The molecule has 4 heteroatoms. The lowest BCUT2D eigenvalue weighted by atomic mass is 10.2. The van der Waals surface area contributed by atoms with Gasteiger partial charge in [0.2, 0.25) is 0 Å². The van der Waals surface area contributed by atoms with Gasteiger partial charge in [-0.1, -0.05) is 19.9 Å². The average molecular weight is 218 g/mol. The van der Waals surface area contributed by atoms with Gasteiger partial charge in [-0.25, -0.2) is 4.79 Å². The quantitative estimate of drug-likeness (QED) is 0.641. The Kier molecular flexibility index (Phi) is 7.61. The fourth-order valence-electron chi connectivity index (χ4n) is 0.961. The van der Waals surface area contributed by atoms with Crippen molar-refractivity contribution in [3.8, 4) is 0 Å². The first-order valence-corrected chi connectivity index (χ1v) is 5.81. The minimum absolute atomic E-state index is 0.192. The minimum Gasteiger partial charge on any atom is -0.478 e. The molecule has 0 spiro atoms. The minimum atomic E-state index is -0.831. The molecule has 0 amide bonds. The number of rotatable bonds is 7. The Labute approximate surface area is 89.2 Å². The average Bonchev–Trinajstić information content (AvgIpc) is 2.12. The Morgan fingerprint density at radius 1 is 1.57 bits per heavy atom. The van der Waals surface area contributed by atoms with E-state index in [9.17, 15) is 4.79 Å². The molecule has 1 atom stereocenters. The van der Waals surface area contributed by atoms with Gasteiger partial charge < -0.3 is 10.2 Å². The monoisotopic (exact) mass is 218 g/mol. The van der Waals surface area contributed by atoms with E-state index < -0.39 is 5.97 Å². The Bertz CT molecular complexity index is 202. The van der Waals surface area contributed by atoms with E-state index in [0.717, 1.165) is 6.42 Å². The van der Waals surface area contributed by atoms with Gasteiger partial charge in [-0.3, -0.25) is 0 Å². The molecule has 0 aromatic rings. The predicted octanol–water partition coefficient (Wildman–Crippen LogP) is 1.91. The summed E-state index contributed by atoms with van der Waals surface area (Å²) in [6.07, 6.45) is 3.07. The summed E-state index contributed by atoms with van der Waals surface area (Å²) in [6.45, 7) is 4.06. The van der Waals surface area contributed by atoms with Crippen LogP contribution >= 0.6 is 11.8 Å². The third kappa shape index (κ3) is 6.05. The number of carboxylic acids is 1. The first-order valence-electron chi connectivity index (χ1n) is 4.76. The number of hydrogen-bond donors (Lipinski definition) is 2. The van der Waals surface area contributed by atoms with Crippen LogP contribution in [0.1, 0.15) is 26.7 Å². The summed E-state index contributed by atoms with van der Waals surface area (Å²) < 4.78 is 0. The first kappa shape index (κ1) is 13.5. The maximum atomic E-state index is 10.6. The molecule has 2 N–H and O–H groups in total. The third-order valence-electron chi connectivity index (χ3n) is 1.90. The van der Waals surface area contributed by atoms with Gasteiger partial charge in [-0.2, -0.15) is 11.8 Å². The summed E-state index contributed by atoms with van der Waals surface area (Å²) in [6, 6.07) is 0. The SMILES string of the molecule is CCC(=CCSC(C)CCO)C(=O)O. The molecule has 0 saturated heterocycles. The Morgan fingerprint density at radius 2 is 2.21 bits per heavy atom. The lowest BCUT2D eigenvalue weighted by molar-refractivity contribution is -0.132. The molecule has 14 heavy (non-hydrogen) atoms. The number of thioether (sulfide) groups is 1. The van der Waals surface area contributed by atoms with Crippen LogP contribution in [0.15, 0.2) is 11.6 Å². The van der Waals surface area contributed by atoms with Crippen LogP contribution in [0.4, 0.5) is 0 Å². The maximum absolute atomic E-state index is 10.6. The summed E-state index contributed by atoms with van der Waals surface area (Å²) >= 11 is 1.66. The van der Waals surface area contributed by atoms with E-state index in [2.05, 4.69) is 0 Å². The van der Waals surface area contributed by atoms with Crippen LogP contribution in [-0.4, -0.2) is 33.8 Å². The van der Waals surface area contributed by atoms with Crippen LogP contribution in [0.5, 0.6) is 0 Å². The zero-order valence-electron chi connectivity index (χ0n) is 8.69. The number of hydrogen-bond acceptors (Lipinski definition) is 3. The molecule has 0 fully saturated rings. The molecule has 0 bridgehead atoms. The molecule has 0 rings (SSSR count). The van der Waals surface area contributed by atoms with Crippen LogP contribution in [-0.2, 0) is 4.79 Å². The van der Waals surface area contributed by atoms with Crippen LogP contribution < -0.4 is 0 Å². The Balaban J connectivity index is 3.84. The summed E-state index contributed by atoms with van der Waals surface area (Å²) in [4.78, 5) is 10.6. The summed E-state index contributed by atoms with van der Waals surface area (Å²) in [7, 11) is 0. The molecule has 0 aromatic heterocycles. The number of aliphatic carboxylic acids is 1. The van der Waals surface area contributed by atoms with Crippen molar-refractivity contribution >= 4 is 17.7 Å². The molecule has 0 heterocycles. The van der Waals surface area contributed by atoms with Crippen LogP contribution in [0.2, 0.25) is 0 Å². The van der Waals surface area contributed by atoms with Gasteiger partial charge in [-0.15, -0.1) is 0 Å². The molecule has 0 aliphatic heterocycles. The van der Waals surface area contributed by atoms with E-state index in [-0.39, 0.29) is 6.61 Å². The van der Waals surface area contributed by atoms with Crippen molar-refractivity contribution in [2.24, 2.45) is 0 Å². The van der Waals surface area contributed by atoms with Gasteiger partial charge >= 0.3 is 5.97 Å². The zero-order valence-corrected chi connectivity index (χ0v) is 9.51. The molecule has 1 unspecified atom stereocenters. The van der Waals surface area contributed by atoms with Crippen molar-refractivity contribution in [1.82, 2.24) is 0 Å². The smallest absolute Gasteiger partial charge is 0.331 e. The maximum Gasteiger partial charge on any atom is 0.331 e. The molecule has 0 saturated carbocycles. The van der Waals surface area contributed by atoms with Crippen molar-refractivity contribution < 1.29 is 15.0 Å². The van der Waals surface area contributed by atoms with E-state index >= 15 is 0 Å². The second-order valence-corrected chi connectivity index (χ2v) is 4.52. The van der Waals surface area contributed by atoms with Crippen molar-refractivity contribution in [2.75, 3.05) is 12.4 Å². The number of aliphatic hydroxyl groups excluding tert-OH is 1. The van der Waals surface area contributed by atoms with E-state index in [1.807, 2.05) is 13.8 Å². The van der Waals surface area contributed by atoms with Crippen molar-refractivity contribution in [3.63, 3.8) is 0 Å². The standard InChI is InChI=1S/C10H18O3S/c1-3-9(10(12)13)5-7-14-8(2)4-6-11/h5,8,11H,3-4,6-7H2,1-2H3,(H,12,13). The van der Waals surface area contributed by atoms with Gasteiger partial charge in [-0.05, 0) is 12.8 Å². The highest BCUT2D eigenvalue weighted by atomic mass is 32.2. The lowest BCUT2D eigenvalue weighted by Gasteiger charge is -2.07. The summed E-state index contributed by atoms with van der Waals surface area (Å²) in [5.74, 6) is -0.126. The van der Waals surface area contributed by atoms with E-state index in [0.29, 0.717) is 23.0 Å². The molecule has 0 radical (unpaired) electrons. The van der Waals surface area contributed by atoms with Gasteiger partial charge in [0.1, 0.15) is 0 Å². The first-order chi connectivity index (χ1) is 6.61. The van der Waals surface area contributed by atoms with E-state index in [1.165, 1.54) is 0 Å². The van der Waals surface area contributed by atoms with Crippen molar-refractivity contribution in [2.45, 2.75) is 31.9 Å². The van der Waals surface area contributed by atoms with Gasteiger partial charge in [0, 0.05) is 23.2 Å². The Morgan fingerprint density at radius 3 is 2.64 bits per heavy atom. The molecule has 0 aliphatic rings. The largest absolute Gasteiger partial charge is 0.478 e. The Hall–Kier alpha value is -0.480. The molecule has 82 valence electrons. The van der Waals surface area contributed by atoms with Gasteiger partial charge in [0.15, 0.2) is 0 Å². The summed E-state index contributed by atoms with van der Waals surface area (Å²) in [5, 5.41) is 17.8. The topological polar surface area (TPSA) is 57.5 Å². The van der Waals surface area contributed by atoms with E-state index in [1.54, 1.807) is 17.8 Å². The van der Waals surface area contributed by atoms with Crippen molar-refractivity contribution in [3.05, 3.63) is 11.6 Å². The molecular formula is C10H18O3S. The fraction of sp³-hybridized carbons (Fsp3) is 0.700.